The van der Waals surface area contributed by atoms with E-state index in [1.54, 1.807) is 24.4 Å². The summed E-state index contributed by atoms with van der Waals surface area (Å²) in [7, 11) is 0. The van der Waals surface area contributed by atoms with Crippen molar-refractivity contribution in [3.05, 3.63) is 77.9 Å². The van der Waals surface area contributed by atoms with Crippen LogP contribution < -0.4 is 5.73 Å². The molecule has 1 atom stereocenters. The Morgan fingerprint density at radius 2 is 1.83 bits per heavy atom. The maximum Gasteiger partial charge on any atom is 0.223 e. The zero-order valence-corrected chi connectivity index (χ0v) is 16.8. The molecule has 2 heterocycles. The zero-order valence-electron chi connectivity index (χ0n) is 16.8. The van der Waals surface area contributed by atoms with Crippen LogP contribution in [0.1, 0.15) is 43.0 Å². The topological polar surface area (TPSA) is 72.1 Å². The van der Waals surface area contributed by atoms with Gasteiger partial charge in [-0.25, -0.2) is 14.4 Å². The number of hydrogen-bond donors (Lipinski definition) is 1. The molecule has 30 heavy (non-hydrogen) atoms. The Labute approximate surface area is 175 Å². The lowest BCUT2D eigenvalue weighted by Gasteiger charge is -2.36. The van der Waals surface area contributed by atoms with Gasteiger partial charge in [0.15, 0.2) is 0 Å². The lowest BCUT2D eigenvalue weighted by Crippen LogP contribution is -2.39. The van der Waals surface area contributed by atoms with Crippen molar-refractivity contribution < 1.29 is 9.18 Å². The van der Waals surface area contributed by atoms with Crippen molar-refractivity contribution in [1.29, 1.82) is 0 Å². The van der Waals surface area contributed by atoms with E-state index in [4.69, 9.17) is 5.73 Å². The molecule has 1 aromatic heterocycles. The van der Waals surface area contributed by atoms with Crippen molar-refractivity contribution in [1.82, 2.24) is 14.9 Å². The van der Waals surface area contributed by atoms with Crippen LogP contribution >= 0.6 is 0 Å². The highest BCUT2D eigenvalue weighted by molar-refractivity contribution is 5.78. The van der Waals surface area contributed by atoms with Gasteiger partial charge in [-0.1, -0.05) is 48.5 Å². The van der Waals surface area contributed by atoms with Crippen molar-refractivity contribution in [2.75, 3.05) is 12.3 Å². The fourth-order valence-corrected chi connectivity index (χ4v) is 4.10. The average Bonchev–Trinajstić information content (AvgIpc) is 2.79. The van der Waals surface area contributed by atoms with Crippen molar-refractivity contribution in [2.24, 2.45) is 0 Å². The summed E-state index contributed by atoms with van der Waals surface area (Å²) in [6, 6.07) is 16.3. The molecule has 3 aromatic rings. The second kappa shape index (κ2) is 9.03. The minimum absolute atomic E-state index is 0.0835. The summed E-state index contributed by atoms with van der Waals surface area (Å²) in [4.78, 5) is 23.6. The number of nitrogens with zero attached hydrogens (tertiary/aromatic N) is 3. The number of carbonyl (C=O) groups excluding carboxylic acids is 1. The molecular formula is C24H25FN4O. The van der Waals surface area contributed by atoms with Gasteiger partial charge in [0.05, 0.1) is 11.7 Å². The first-order valence-electron chi connectivity index (χ1n) is 10.3. The quantitative estimate of drug-likeness (QED) is 0.677. The highest BCUT2D eigenvalue weighted by atomic mass is 19.1. The molecule has 0 spiro atoms. The van der Waals surface area contributed by atoms with E-state index < -0.39 is 0 Å². The van der Waals surface area contributed by atoms with Gasteiger partial charge in [0, 0.05) is 30.3 Å². The Bertz CT molecular complexity index is 1020. The molecule has 1 amide bonds. The molecule has 0 saturated carbocycles. The predicted molar refractivity (Wildman–Crippen MR) is 115 cm³/mol. The van der Waals surface area contributed by atoms with Crippen molar-refractivity contribution >= 4 is 11.9 Å². The number of hydrogen-bond acceptors (Lipinski definition) is 4. The first kappa shape index (κ1) is 20.0. The molecule has 1 aliphatic heterocycles. The van der Waals surface area contributed by atoms with Crippen LogP contribution in [0.3, 0.4) is 0 Å². The predicted octanol–water partition coefficient (Wildman–Crippen LogP) is 4.55. The van der Waals surface area contributed by atoms with Crippen LogP contribution in [0.15, 0.2) is 60.8 Å². The van der Waals surface area contributed by atoms with Gasteiger partial charge in [0.25, 0.3) is 0 Å². The number of anilines is 1. The van der Waals surface area contributed by atoms with E-state index in [9.17, 15) is 9.18 Å². The number of rotatable bonds is 5. The number of aromatic nitrogens is 2. The van der Waals surface area contributed by atoms with Crippen LogP contribution in [0.25, 0.3) is 11.1 Å². The molecule has 2 N–H and O–H groups in total. The summed E-state index contributed by atoms with van der Waals surface area (Å²) in [6.07, 6.45) is 5.38. The molecule has 1 aliphatic rings. The number of amides is 1. The standard InChI is InChI=1S/C24H25FN4O/c25-20-11-5-4-10-18(20)19-16-27-24(26)28-23(19)21-12-6-7-15-29(21)22(30)14-13-17-8-2-1-3-9-17/h1-5,8-11,16,21H,6-7,12-15H2,(H2,26,27,28)/t21-/m0/s1. The minimum Gasteiger partial charge on any atom is -0.368 e. The fraction of sp³-hybridized carbons (Fsp3) is 0.292. The Morgan fingerprint density at radius 3 is 2.63 bits per heavy atom. The van der Waals surface area contributed by atoms with Crippen LogP contribution in [-0.2, 0) is 11.2 Å². The zero-order chi connectivity index (χ0) is 20.9. The van der Waals surface area contributed by atoms with Gasteiger partial charge in [0.1, 0.15) is 5.82 Å². The molecule has 1 saturated heterocycles. The molecule has 5 nitrogen and oxygen atoms in total. The molecule has 1 fully saturated rings. The molecule has 0 aliphatic carbocycles. The fourth-order valence-electron chi connectivity index (χ4n) is 4.10. The first-order valence-corrected chi connectivity index (χ1v) is 10.3. The summed E-state index contributed by atoms with van der Waals surface area (Å²) in [5.74, 6) is -0.127. The summed E-state index contributed by atoms with van der Waals surface area (Å²) >= 11 is 0. The third-order valence-electron chi connectivity index (χ3n) is 5.61. The molecule has 0 unspecified atom stereocenters. The number of likely N-dealkylation sites (tertiary alicyclic amines) is 1. The molecule has 154 valence electrons. The molecule has 4 rings (SSSR count). The summed E-state index contributed by atoms with van der Waals surface area (Å²) in [5, 5.41) is 0. The highest BCUT2D eigenvalue weighted by Crippen LogP contribution is 2.37. The maximum absolute atomic E-state index is 14.5. The van der Waals surface area contributed by atoms with E-state index in [1.165, 1.54) is 6.07 Å². The highest BCUT2D eigenvalue weighted by Gasteiger charge is 2.31. The Balaban J connectivity index is 1.63. The second-order valence-electron chi connectivity index (χ2n) is 7.59. The van der Waals surface area contributed by atoms with E-state index in [2.05, 4.69) is 9.97 Å². The average molecular weight is 404 g/mol. The van der Waals surface area contributed by atoms with E-state index in [0.29, 0.717) is 36.2 Å². The number of aryl methyl sites for hydroxylation is 1. The van der Waals surface area contributed by atoms with E-state index in [0.717, 1.165) is 24.8 Å². The molecule has 0 radical (unpaired) electrons. The van der Waals surface area contributed by atoms with E-state index >= 15 is 0 Å². The van der Waals surface area contributed by atoms with Gasteiger partial charge in [-0.3, -0.25) is 4.79 Å². The van der Waals surface area contributed by atoms with Crippen LogP contribution in [0.5, 0.6) is 0 Å². The third-order valence-corrected chi connectivity index (χ3v) is 5.61. The van der Waals surface area contributed by atoms with Crippen LogP contribution in [0.4, 0.5) is 10.3 Å². The second-order valence-corrected chi connectivity index (χ2v) is 7.59. The summed E-state index contributed by atoms with van der Waals surface area (Å²) < 4.78 is 14.5. The van der Waals surface area contributed by atoms with Crippen LogP contribution in [0, 0.1) is 5.82 Å². The number of nitrogen functional groups attached to an aromatic ring is 1. The Hall–Kier alpha value is -3.28. The maximum atomic E-state index is 14.5. The monoisotopic (exact) mass is 404 g/mol. The Morgan fingerprint density at radius 1 is 1.07 bits per heavy atom. The molecule has 0 bridgehead atoms. The smallest absolute Gasteiger partial charge is 0.223 e. The van der Waals surface area contributed by atoms with Crippen LogP contribution in [-0.4, -0.2) is 27.3 Å². The first-order chi connectivity index (χ1) is 14.6. The SMILES string of the molecule is Nc1ncc(-c2ccccc2F)c([C@@H]2CCCCN2C(=O)CCc2ccccc2)n1. The lowest BCUT2D eigenvalue weighted by molar-refractivity contribution is -0.135. The Kier molecular flexibility index (Phi) is 6.02. The molecule has 6 heteroatoms. The third kappa shape index (κ3) is 4.32. The largest absolute Gasteiger partial charge is 0.368 e. The van der Waals surface area contributed by atoms with Crippen molar-refractivity contribution in [3.63, 3.8) is 0 Å². The van der Waals surface area contributed by atoms with Crippen LogP contribution in [0.2, 0.25) is 0 Å². The number of benzene rings is 2. The van der Waals surface area contributed by atoms with Gasteiger partial charge < -0.3 is 10.6 Å². The minimum atomic E-state index is -0.343. The molecule has 2 aromatic carbocycles. The van der Waals surface area contributed by atoms with E-state index in [1.807, 2.05) is 35.2 Å². The lowest BCUT2D eigenvalue weighted by atomic mass is 9.93. The number of piperidine rings is 1. The van der Waals surface area contributed by atoms with Gasteiger partial charge in [-0.15, -0.1) is 0 Å². The van der Waals surface area contributed by atoms with Crippen molar-refractivity contribution in [3.8, 4) is 11.1 Å². The summed E-state index contributed by atoms with van der Waals surface area (Å²) in [5.41, 5.74) is 8.67. The number of halogens is 1. The van der Waals surface area contributed by atoms with Gasteiger partial charge in [-0.2, -0.15) is 0 Å². The van der Waals surface area contributed by atoms with E-state index in [-0.39, 0.29) is 23.7 Å². The van der Waals surface area contributed by atoms with Gasteiger partial charge >= 0.3 is 0 Å². The summed E-state index contributed by atoms with van der Waals surface area (Å²) in [6.45, 7) is 0.666. The number of nitrogens with two attached hydrogens (primary N) is 1. The number of carbonyl (C=O) groups is 1. The van der Waals surface area contributed by atoms with Gasteiger partial charge in [0.2, 0.25) is 11.9 Å². The normalized spacial score (nSPS) is 16.4. The van der Waals surface area contributed by atoms with Crippen molar-refractivity contribution in [2.45, 2.75) is 38.1 Å². The van der Waals surface area contributed by atoms with Gasteiger partial charge in [-0.05, 0) is 37.3 Å². The molecular weight excluding hydrogens is 379 g/mol.